The molecule has 0 atom stereocenters. The molecule has 0 bridgehead atoms. The maximum atomic E-state index is 10.8. The van der Waals surface area contributed by atoms with Crippen LogP contribution in [0.15, 0.2) is 71.8 Å². The summed E-state index contributed by atoms with van der Waals surface area (Å²) in [5, 5.41) is 0.769. The first-order valence-electron chi connectivity index (χ1n) is 7.58. The Labute approximate surface area is 171 Å². The molecule has 0 spiro atoms. The van der Waals surface area contributed by atoms with Gasteiger partial charge in [0.1, 0.15) is 10.6 Å². The van der Waals surface area contributed by atoms with Crippen molar-refractivity contribution in [3.05, 3.63) is 82.5 Å². The second kappa shape index (κ2) is 9.52. The Balaban J connectivity index is 0.000000221. The molecule has 0 aliphatic carbocycles. The highest BCUT2D eigenvalue weighted by Crippen LogP contribution is 2.20. The van der Waals surface area contributed by atoms with Crippen LogP contribution in [-0.4, -0.2) is 23.9 Å². The predicted octanol–water partition coefficient (Wildman–Crippen LogP) is 4.21. The molecule has 0 aliphatic heterocycles. The van der Waals surface area contributed by atoms with Crippen molar-refractivity contribution >= 4 is 39.2 Å². The van der Waals surface area contributed by atoms with Crippen molar-refractivity contribution in [1.82, 2.24) is 4.98 Å². The third kappa shape index (κ3) is 6.50. The summed E-state index contributed by atoms with van der Waals surface area (Å²) in [4.78, 5) is 14.1. The van der Waals surface area contributed by atoms with Crippen molar-refractivity contribution < 1.29 is 22.5 Å². The van der Waals surface area contributed by atoms with E-state index >= 15 is 0 Å². The van der Waals surface area contributed by atoms with Crippen molar-refractivity contribution in [1.29, 1.82) is 0 Å². The summed E-state index contributed by atoms with van der Waals surface area (Å²) in [6, 6.07) is 16.1. The van der Waals surface area contributed by atoms with Crippen molar-refractivity contribution in [2.24, 2.45) is 5.73 Å². The van der Waals surface area contributed by atoms with E-state index in [9.17, 15) is 13.2 Å². The van der Waals surface area contributed by atoms with Crippen LogP contribution >= 0.6 is 23.2 Å². The summed E-state index contributed by atoms with van der Waals surface area (Å²) < 4.78 is 35.7. The minimum Gasteiger partial charge on any atom is -0.439 e. The van der Waals surface area contributed by atoms with Gasteiger partial charge in [-0.15, -0.1) is 0 Å². The van der Waals surface area contributed by atoms with E-state index < -0.39 is 16.0 Å². The lowest BCUT2D eigenvalue weighted by atomic mass is 10.2. The lowest BCUT2D eigenvalue weighted by molar-refractivity contribution is 0.100. The van der Waals surface area contributed by atoms with E-state index in [4.69, 9.17) is 38.2 Å². The third-order valence-corrected chi connectivity index (χ3v) is 4.55. The number of nitrogens with two attached hydrogens (primary N) is 1. The highest BCUT2D eigenvalue weighted by Gasteiger charge is 2.10. The van der Waals surface area contributed by atoms with Gasteiger partial charge in [0.2, 0.25) is 11.8 Å². The van der Waals surface area contributed by atoms with E-state index in [1.54, 1.807) is 18.2 Å². The van der Waals surface area contributed by atoms with Crippen molar-refractivity contribution in [3.8, 4) is 11.6 Å². The number of primary amides is 1. The number of carbonyl (C=O) groups is 1. The number of hydrogen-bond acceptors (Lipinski definition) is 5. The molecule has 10 heteroatoms. The Morgan fingerprint density at radius 2 is 1.71 bits per heavy atom. The largest absolute Gasteiger partial charge is 0.439 e. The van der Waals surface area contributed by atoms with Crippen LogP contribution in [0.25, 0.3) is 0 Å². The van der Waals surface area contributed by atoms with E-state index in [2.05, 4.69) is 4.98 Å². The standard InChI is InChI=1S/C11H9NO4S.C7H5Cl2NO/c13-17(14,15)10-6-7-11(12-8-10)16-9-4-2-1-3-5-9;8-4-1-2-5(7(10)11)6(9)3-4/h1-8H,(H,13,14,15);1-3H,(H2,10,11). The summed E-state index contributed by atoms with van der Waals surface area (Å²) >= 11 is 11.2. The minimum atomic E-state index is -4.21. The van der Waals surface area contributed by atoms with Crippen molar-refractivity contribution in [3.63, 3.8) is 0 Å². The van der Waals surface area contributed by atoms with Crippen molar-refractivity contribution in [2.75, 3.05) is 0 Å². The zero-order valence-corrected chi connectivity index (χ0v) is 16.4. The molecule has 0 aliphatic rings. The number of amides is 1. The normalized spacial score (nSPS) is 10.5. The first-order valence-corrected chi connectivity index (χ1v) is 9.77. The highest BCUT2D eigenvalue weighted by atomic mass is 35.5. The van der Waals surface area contributed by atoms with Crippen LogP contribution in [0.3, 0.4) is 0 Å². The van der Waals surface area contributed by atoms with E-state index in [-0.39, 0.29) is 21.4 Å². The maximum absolute atomic E-state index is 10.8. The fraction of sp³-hybridized carbons (Fsp3) is 0. The molecular weight excluding hydrogens is 427 g/mol. The number of halogens is 2. The summed E-state index contributed by atoms with van der Waals surface area (Å²) in [6.45, 7) is 0. The fourth-order valence-electron chi connectivity index (χ4n) is 1.88. The zero-order valence-electron chi connectivity index (χ0n) is 14.1. The summed E-state index contributed by atoms with van der Waals surface area (Å²) in [5.41, 5.74) is 5.29. The smallest absolute Gasteiger partial charge is 0.296 e. The molecule has 0 radical (unpaired) electrons. The number of ether oxygens (including phenoxy) is 1. The van der Waals surface area contributed by atoms with Crippen LogP contribution in [0.4, 0.5) is 0 Å². The Morgan fingerprint density at radius 1 is 1.04 bits per heavy atom. The molecule has 0 unspecified atom stereocenters. The van der Waals surface area contributed by atoms with Crippen LogP contribution in [0.2, 0.25) is 10.0 Å². The average Bonchev–Trinajstić information content (AvgIpc) is 2.62. The molecule has 3 aromatic rings. The van der Waals surface area contributed by atoms with Crippen LogP contribution in [0.5, 0.6) is 11.6 Å². The van der Waals surface area contributed by atoms with Crippen LogP contribution in [0.1, 0.15) is 10.4 Å². The summed E-state index contributed by atoms with van der Waals surface area (Å²) in [6.07, 6.45) is 1.04. The number of benzene rings is 2. The number of aromatic nitrogens is 1. The van der Waals surface area contributed by atoms with Crippen LogP contribution in [-0.2, 0) is 10.1 Å². The van der Waals surface area contributed by atoms with Gasteiger partial charge in [0, 0.05) is 11.1 Å². The molecule has 0 saturated carbocycles. The van der Waals surface area contributed by atoms with Gasteiger partial charge >= 0.3 is 0 Å². The number of hydrogen-bond donors (Lipinski definition) is 2. The fourth-order valence-corrected chi connectivity index (χ4v) is 2.81. The highest BCUT2D eigenvalue weighted by molar-refractivity contribution is 7.85. The Kier molecular flexibility index (Phi) is 7.36. The van der Waals surface area contributed by atoms with Gasteiger partial charge < -0.3 is 10.5 Å². The topological polar surface area (TPSA) is 120 Å². The van der Waals surface area contributed by atoms with Crippen LogP contribution < -0.4 is 10.5 Å². The van der Waals surface area contributed by atoms with Crippen LogP contribution in [0, 0.1) is 0 Å². The van der Waals surface area contributed by atoms with E-state index in [1.165, 1.54) is 24.3 Å². The predicted molar refractivity (Wildman–Crippen MR) is 106 cm³/mol. The van der Waals surface area contributed by atoms with Gasteiger partial charge in [-0.1, -0.05) is 41.4 Å². The molecule has 3 rings (SSSR count). The molecule has 1 aromatic heterocycles. The molecule has 1 amide bonds. The SMILES string of the molecule is NC(=O)c1ccc(Cl)cc1Cl.O=S(=O)(O)c1ccc(Oc2ccccc2)nc1. The summed E-state index contributed by atoms with van der Waals surface area (Å²) in [7, 11) is -4.21. The Morgan fingerprint density at radius 3 is 2.21 bits per heavy atom. The molecule has 1 heterocycles. The number of nitrogens with zero attached hydrogens (tertiary/aromatic N) is 1. The molecule has 7 nitrogen and oxygen atoms in total. The molecule has 2 aromatic carbocycles. The average molecular weight is 441 g/mol. The molecule has 28 heavy (non-hydrogen) atoms. The second-order valence-corrected chi connectivity index (χ2v) is 7.48. The maximum Gasteiger partial charge on any atom is 0.296 e. The quantitative estimate of drug-likeness (QED) is 0.586. The van der Waals surface area contributed by atoms with E-state index in [1.807, 2.05) is 18.2 Å². The Hall–Kier alpha value is -2.65. The number of para-hydroxylation sites is 1. The number of pyridine rings is 1. The molecule has 3 N–H and O–H groups in total. The lowest BCUT2D eigenvalue weighted by Gasteiger charge is -2.04. The Bertz CT molecular complexity index is 1060. The van der Waals surface area contributed by atoms with Gasteiger partial charge in [0.15, 0.2) is 0 Å². The van der Waals surface area contributed by atoms with Gasteiger partial charge in [-0.3, -0.25) is 9.35 Å². The minimum absolute atomic E-state index is 0.253. The summed E-state index contributed by atoms with van der Waals surface area (Å²) in [5.74, 6) is 0.301. The van der Waals surface area contributed by atoms with Gasteiger partial charge in [0.05, 0.1) is 16.8 Å². The number of rotatable bonds is 4. The molecule has 0 saturated heterocycles. The van der Waals surface area contributed by atoms with E-state index in [0.717, 1.165) is 6.20 Å². The van der Waals surface area contributed by atoms with Crippen molar-refractivity contribution in [2.45, 2.75) is 4.90 Å². The van der Waals surface area contributed by atoms with E-state index in [0.29, 0.717) is 10.8 Å². The molecule has 146 valence electrons. The van der Waals surface area contributed by atoms with Gasteiger partial charge in [-0.25, -0.2) is 4.98 Å². The second-order valence-electron chi connectivity index (χ2n) is 5.21. The first kappa shape index (κ1) is 21.6. The molecular formula is C18H14Cl2N2O5S. The zero-order chi connectivity index (χ0) is 20.7. The van der Waals surface area contributed by atoms with Gasteiger partial charge in [0.25, 0.3) is 10.1 Å². The monoisotopic (exact) mass is 440 g/mol. The molecule has 0 fully saturated rings. The third-order valence-electron chi connectivity index (χ3n) is 3.17. The number of carbonyl (C=O) groups excluding carboxylic acids is 1. The van der Waals surface area contributed by atoms with Gasteiger partial charge in [-0.05, 0) is 36.4 Å². The van der Waals surface area contributed by atoms with Gasteiger partial charge in [-0.2, -0.15) is 8.42 Å². The first-order chi connectivity index (χ1) is 13.2. The lowest BCUT2D eigenvalue weighted by Crippen LogP contribution is -2.11.